The summed E-state index contributed by atoms with van der Waals surface area (Å²) in [6, 6.07) is 5.09. The van der Waals surface area contributed by atoms with Crippen molar-refractivity contribution in [2.24, 2.45) is 11.8 Å². The average Bonchev–Trinajstić information content (AvgIpc) is 2.71. The van der Waals surface area contributed by atoms with E-state index in [4.69, 9.17) is 0 Å². The lowest BCUT2D eigenvalue weighted by Gasteiger charge is -2.16. The number of nitrogens with one attached hydrogen (secondary N) is 1. The maximum Gasteiger partial charge on any atom is 0.161 e. The number of phenols is 2. The molecular formula is C14H21NO2. The molecule has 0 radical (unpaired) electrons. The predicted molar refractivity (Wildman–Crippen MR) is 68.0 cm³/mol. The van der Waals surface area contributed by atoms with Crippen LogP contribution >= 0.6 is 0 Å². The molecule has 0 heterocycles. The standard InChI is InChI=1S/C14H21NO2/c1-10-4-2-5-11(10)8-15-9-12-6-3-7-13(16)14(12)17/h3,6-7,10-11,15-17H,2,4-5,8-9H2,1H3. The molecule has 1 saturated carbocycles. The molecule has 1 aromatic carbocycles. The Morgan fingerprint density at radius 2 is 2.12 bits per heavy atom. The minimum Gasteiger partial charge on any atom is -0.504 e. The molecule has 0 spiro atoms. The van der Waals surface area contributed by atoms with Crippen LogP contribution in [-0.2, 0) is 6.54 Å². The van der Waals surface area contributed by atoms with Gasteiger partial charge in [-0.2, -0.15) is 0 Å². The van der Waals surface area contributed by atoms with E-state index < -0.39 is 0 Å². The minimum absolute atomic E-state index is 0.000490. The zero-order valence-corrected chi connectivity index (χ0v) is 10.3. The summed E-state index contributed by atoms with van der Waals surface area (Å²) < 4.78 is 0. The topological polar surface area (TPSA) is 52.5 Å². The second-order valence-electron chi connectivity index (χ2n) is 5.08. The van der Waals surface area contributed by atoms with Crippen LogP contribution in [0.3, 0.4) is 0 Å². The molecule has 1 aliphatic carbocycles. The molecule has 2 unspecified atom stereocenters. The van der Waals surface area contributed by atoms with Crippen molar-refractivity contribution in [2.45, 2.75) is 32.7 Å². The normalized spacial score (nSPS) is 24.1. The molecule has 3 heteroatoms. The molecule has 0 saturated heterocycles. The van der Waals surface area contributed by atoms with Gasteiger partial charge in [0.25, 0.3) is 0 Å². The van der Waals surface area contributed by atoms with Gasteiger partial charge in [0.05, 0.1) is 0 Å². The van der Waals surface area contributed by atoms with E-state index in [0.717, 1.165) is 23.9 Å². The quantitative estimate of drug-likeness (QED) is 0.703. The predicted octanol–water partition coefficient (Wildman–Crippen LogP) is 2.62. The zero-order chi connectivity index (χ0) is 12.3. The first-order chi connectivity index (χ1) is 8.18. The highest BCUT2D eigenvalue weighted by molar-refractivity contribution is 5.44. The highest BCUT2D eigenvalue weighted by atomic mass is 16.3. The van der Waals surface area contributed by atoms with Gasteiger partial charge in [-0.3, -0.25) is 0 Å². The number of phenolic OH excluding ortho intramolecular Hbond substituents is 2. The Kier molecular flexibility index (Phi) is 3.89. The Morgan fingerprint density at radius 1 is 1.29 bits per heavy atom. The van der Waals surface area contributed by atoms with Gasteiger partial charge in [-0.15, -0.1) is 0 Å². The van der Waals surface area contributed by atoms with E-state index >= 15 is 0 Å². The van der Waals surface area contributed by atoms with Gasteiger partial charge in [-0.25, -0.2) is 0 Å². The summed E-state index contributed by atoms with van der Waals surface area (Å²) >= 11 is 0. The number of hydrogen-bond acceptors (Lipinski definition) is 3. The SMILES string of the molecule is CC1CCCC1CNCc1cccc(O)c1O. The summed E-state index contributed by atoms with van der Waals surface area (Å²) in [6.07, 6.45) is 3.98. The summed E-state index contributed by atoms with van der Waals surface area (Å²) in [5.74, 6) is 1.52. The summed E-state index contributed by atoms with van der Waals surface area (Å²) in [4.78, 5) is 0. The smallest absolute Gasteiger partial charge is 0.161 e. The van der Waals surface area contributed by atoms with Crippen LogP contribution < -0.4 is 5.32 Å². The molecule has 1 aliphatic rings. The van der Waals surface area contributed by atoms with Crippen molar-refractivity contribution < 1.29 is 10.2 Å². The lowest BCUT2D eigenvalue weighted by atomic mass is 9.98. The van der Waals surface area contributed by atoms with E-state index in [-0.39, 0.29) is 11.5 Å². The van der Waals surface area contributed by atoms with Crippen LogP contribution in [0.4, 0.5) is 0 Å². The summed E-state index contributed by atoms with van der Waals surface area (Å²) in [5.41, 5.74) is 0.760. The molecule has 1 fully saturated rings. The van der Waals surface area contributed by atoms with E-state index in [1.54, 1.807) is 6.07 Å². The second kappa shape index (κ2) is 5.41. The summed E-state index contributed by atoms with van der Waals surface area (Å²) in [6.45, 7) is 3.92. The molecule has 0 aromatic heterocycles. The van der Waals surface area contributed by atoms with Gasteiger partial charge in [-0.1, -0.05) is 31.9 Å². The van der Waals surface area contributed by atoms with Crippen molar-refractivity contribution in [1.82, 2.24) is 5.32 Å². The molecule has 1 aromatic rings. The Hall–Kier alpha value is -1.22. The number of rotatable bonds is 4. The van der Waals surface area contributed by atoms with Crippen molar-refractivity contribution in [3.8, 4) is 11.5 Å². The maximum absolute atomic E-state index is 9.65. The third-order valence-electron chi connectivity index (χ3n) is 3.86. The van der Waals surface area contributed by atoms with Crippen molar-refractivity contribution in [2.75, 3.05) is 6.54 Å². The highest BCUT2D eigenvalue weighted by Crippen LogP contribution is 2.31. The van der Waals surface area contributed by atoms with Crippen LogP contribution in [0.5, 0.6) is 11.5 Å². The number of aromatic hydroxyl groups is 2. The third kappa shape index (κ3) is 2.91. The van der Waals surface area contributed by atoms with Gasteiger partial charge in [-0.05, 0) is 30.9 Å². The fourth-order valence-electron chi connectivity index (χ4n) is 2.64. The average molecular weight is 235 g/mol. The van der Waals surface area contributed by atoms with E-state index in [9.17, 15) is 10.2 Å². The molecule has 94 valence electrons. The zero-order valence-electron chi connectivity index (χ0n) is 10.3. The van der Waals surface area contributed by atoms with E-state index in [2.05, 4.69) is 12.2 Å². The van der Waals surface area contributed by atoms with Crippen LogP contribution in [0.15, 0.2) is 18.2 Å². The molecule has 3 nitrogen and oxygen atoms in total. The van der Waals surface area contributed by atoms with Crippen LogP contribution in [0, 0.1) is 11.8 Å². The van der Waals surface area contributed by atoms with Crippen LogP contribution in [0.2, 0.25) is 0 Å². The Balaban J connectivity index is 1.84. The Labute approximate surface area is 102 Å². The first-order valence-corrected chi connectivity index (χ1v) is 6.39. The monoisotopic (exact) mass is 235 g/mol. The second-order valence-corrected chi connectivity index (χ2v) is 5.08. The first-order valence-electron chi connectivity index (χ1n) is 6.39. The lowest BCUT2D eigenvalue weighted by molar-refractivity contribution is 0.381. The Bertz CT molecular complexity index is 378. The van der Waals surface area contributed by atoms with Gasteiger partial charge < -0.3 is 15.5 Å². The number of benzene rings is 1. The van der Waals surface area contributed by atoms with Crippen LogP contribution in [0.1, 0.15) is 31.7 Å². The molecule has 2 atom stereocenters. The van der Waals surface area contributed by atoms with Gasteiger partial charge in [0.1, 0.15) is 0 Å². The molecule has 0 bridgehead atoms. The first kappa shape index (κ1) is 12.2. The molecule has 2 rings (SSSR count). The summed E-state index contributed by atoms with van der Waals surface area (Å²) in [7, 11) is 0. The highest BCUT2D eigenvalue weighted by Gasteiger charge is 2.22. The fraction of sp³-hybridized carbons (Fsp3) is 0.571. The van der Waals surface area contributed by atoms with Crippen molar-refractivity contribution in [1.29, 1.82) is 0 Å². The van der Waals surface area contributed by atoms with Gasteiger partial charge >= 0.3 is 0 Å². The number of para-hydroxylation sites is 1. The fourth-order valence-corrected chi connectivity index (χ4v) is 2.64. The van der Waals surface area contributed by atoms with E-state index in [0.29, 0.717) is 6.54 Å². The van der Waals surface area contributed by atoms with Gasteiger partial charge in [0.15, 0.2) is 11.5 Å². The molecule has 0 aliphatic heterocycles. The van der Waals surface area contributed by atoms with E-state index in [1.807, 2.05) is 6.07 Å². The van der Waals surface area contributed by atoms with Gasteiger partial charge in [0.2, 0.25) is 0 Å². The molecule has 3 N–H and O–H groups in total. The van der Waals surface area contributed by atoms with Crippen molar-refractivity contribution in [3.05, 3.63) is 23.8 Å². The van der Waals surface area contributed by atoms with Crippen molar-refractivity contribution >= 4 is 0 Å². The van der Waals surface area contributed by atoms with Crippen LogP contribution in [-0.4, -0.2) is 16.8 Å². The lowest BCUT2D eigenvalue weighted by Crippen LogP contribution is -2.23. The van der Waals surface area contributed by atoms with Gasteiger partial charge in [0, 0.05) is 12.1 Å². The van der Waals surface area contributed by atoms with Crippen LogP contribution in [0.25, 0.3) is 0 Å². The summed E-state index contributed by atoms with van der Waals surface area (Å²) in [5, 5.41) is 22.4. The van der Waals surface area contributed by atoms with Crippen molar-refractivity contribution in [3.63, 3.8) is 0 Å². The minimum atomic E-state index is -0.0430. The third-order valence-corrected chi connectivity index (χ3v) is 3.86. The maximum atomic E-state index is 9.65. The number of hydrogen-bond donors (Lipinski definition) is 3. The molecule has 0 amide bonds. The Morgan fingerprint density at radius 3 is 2.82 bits per heavy atom. The molecular weight excluding hydrogens is 214 g/mol. The molecule has 17 heavy (non-hydrogen) atoms. The largest absolute Gasteiger partial charge is 0.504 e. The van der Waals surface area contributed by atoms with E-state index in [1.165, 1.54) is 25.3 Å².